The van der Waals surface area contributed by atoms with Crippen LogP contribution >= 0.6 is 22.7 Å². The zero-order chi connectivity index (χ0) is 20.0. The molecule has 4 aromatic heterocycles. The van der Waals surface area contributed by atoms with Crippen LogP contribution in [0.15, 0.2) is 22.1 Å². The molecule has 4 heterocycles. The molecule has 0 unspecified atom stereocenters. The lowest BCUT2D eigenvalue weighted by Crippen LogP contribution is -1.86. The minimum atomic E-state index is -0.191. The van der Waals surface area contributed by atoms with E-state index in [1.807, 2.05) is 35.4 Å². The maximum absolute atomic E-state index is 8.93. The highest BCUT2D eigenvalue weighted by Gasteiger charge is 2.22. The summed E-state index contributed by atoms with van der Waals surface area (Å²) in [6.07, 6.45) is 0. The van der Waals surface area contributed by atoms with Crippen LogP contribution in [0.25, 0.3) is 36.3 Å². The lowest BCUT2D eigenvalue weighted by Gasteiger charge is -1.93. The Hall–Kier alpha value is -3.96. The second-order valence-corrected chi connectivity index (χ2v) is 7.82. The number of aryl methyl sites for hydroxylation is 2. The van der Waals surface area contributed by atoms with Crippen LogP contribution < -0.4 is 0 Å². The molecule has 0 bridgehead atoms. The van der Waals surface area contributed by atoms with Gasteiger partial charge in [-0.05, 0) is 6.07 Å². The van der Waals surface area contributed by atoms with Gasteiger partial charge in [0.05, 0.1) is 31.5 Å². The van der Waals surface area contributed by atoms with Crippen LogP contribution in [0.2, 0.25) is 0 Å². The number of fused-ring (bicyclic) bond motifs is 5. The average Bonchev–Trinajstić information content (AvgIpc) is 3.41. The summed E-state index contributed by atoms with van der Waals surface area (Å²) in [4.78, 5) is 11.3. The monoisotopic (exact) mass is 400 g/mol. The highest BCUT2D eigenvalue weighted by molar-refractivity contribution is 7.25. The molecule has 0 fully saturated rings. The van der Waals surface area contributed by atoms with Gasteiger partial charge in [-0.1, -0.05) is 22.9 Å². The van der Waals surface area contributed by atoms with Crippen molar-refractivity contribution in [1.82, 2.24) is 9.13 Å². The number of thiophene rings is 2. The van der Waals surface area contributed by atoms with Gasteiger partial charge in [0.15, 0.2) is 0 Å². The highest BCUT2D eigenvalue weighted by Crippen LogP contribution is 2.45. The van der Waals surface area contributed by atoms with Gasteiger partial charge < -0.3 is 14.0 Å². The largest absolute Gasteiger partial charge is 0.351 e. The Morgan fingerprint density at radius 1 is 0.929 bits per heavy atom. The molecule has 0 atom stereocenters. The number of aliphatic imine (C=N–C) groups is 2. The molecule has 28 heavy (non-hydrogen) atoms. The van der Waals surface area contributed by atoms with Crippen molar-refractivity contribution >= 4 is 75.7 Å². The molecule has 8 nitrogen and oxygen atoms in total. The lowest BCUT2D eigenvalue weighted by atomic mass is 10.4. The second kappa shape index (κ2) is 6.33. The van der Waals surface area contributed by atoms with E-state index in [9.17, 15) is 0 Å². The molecule has 10 heteroatoms. The second-order valence-electron chi connectivity index (χ2n) is 5.76. The third kappa shape index (κ3) is 2.38. The van der Waals surface area contributed by atoms with Crippen molar-refractivity contribution in [2.75, 3.05) is 0 Å². The van der Waals surface area contributed by atoms with Gasteiger partial charge in [-0.25, -0.2) is 10.3 Å². The molecular formula is C18H8N8S2. The summed E-state index contributed by atoms with van der Waals surface area (Å²) >= 11 is 2.85. The van der Waals surface area contributed by atoms with Gasteiger partial charge in [-0.3, -0.25) is 0 Å². The third-order valence-corrected chi connectivity index (χ3v) is 6.35. The van der Waals surface area contributed by atoms with Crippen LogP contribution in [0.1, 0.15) is 0 Å². The topological polar surface area (TPSA) is 110 Å². The van der Waals surface area contributed by atoms with Crippen molar-refractivity contribution in [2.45, 2.75) is 0 Å². The first-order chi connectivity index (χ1) is 13.5. The first-order valence-corrected chi connectivity index (χ1v) is 9.41. The molecule has 132 valence electrons. The van der Waals surface area contributed by atoms with E-state index in [1.54, 1.807) is 18.2 Å². The Bertz CT molecular complexity index is 1370. The molecule has 0 aromatic carbocycles. The summed E-state index contributed by atoms with van der Waals surface area (Å²) in [6, 6.07) is 9.06. The minimum absolute atomic E-state index is 0.175. The Morgan fingerprint density at radius 2 is 1.43 bits per heavy atom. The van der Waals surface area contributed by atoms with Crippen LogP contribution in [-0.4, -0.2) is 20.7 Å². The van der Waals surface area contributed by atoms with Crippen molar-refractivity contribution in [3.8, 4) is 18.2 Å². The Balaban J connectivity index is 1.99. The van der Waals surface area contributed by atoms with Crippen molar-refractivity contribution in [3.05, 3.63) is 23.5 Å². The van der Waals surface area contributed by atoms with Gasteiger partial charge in [-0.15, -0.1) is 11.3 Å². The zero-order valence-electron chi connectivity index (χ0n) is 14.5. The van der Waals surface area contributed by atoms with E-state index in [-0.39, 0.29) is 11.5 Å². The first-order valence-electron chi connectivity index (χ1n) is 7.77. The summed E-state index contributed by atoms with van der Waals surface area (Å²) in [5.74, 6) is -0.191. The van der Waals surface area contributed by atoms with E-state index in [1.165, 1.54) is 22.7 Å². The SMILES string of the molecule is [C-]#[N+]C(C#N)=Nc1cc2c(s1)c1c(c3sc(N=C(C#N)C#N)cc3n1C)n2C. The number of hydrogen-bond donors (Lipinski definition) is 0. The minimum Gasteiger partial charge on any atom is -0.351 e. The van der Waals surface area contributed by atoms with E-state index < -0.39 is 0 Å². The van der Waals surface area contributed by atoms with Crippen molar-refractivity contribution < 1.29 is 0 Å². The van der Waals surface area contributed by atoms with Gasteiger partial charge in [0.1, 0.15) is 23.2 Å². The van der Waals surface area contributed by atoms with Gasteiger partial charge in [0.2, 0.25) is 10.7 Å². The molecule has 0 saturated heterocycles. The summed E-state index contributed by atoms with van der Waals surface area (Å²) in [6.45, 7) is 6.98. The predicted octanol–water partition coefficient (Wildman–Crippen LogP) is 4.54. The van der Waals surface area contributed by atoms with Crippen LogP contribution in [0, 0.1) is 40.6 Å². The van der Waals surface area contributed by atoms with Crippen LogP contribution in [0.4, 0.5) is 10.0 Å². The van der Waals surface area contributed by atoms with Crippen molar-refractivity contribution in [2.24, 2.45) is 24.1 Å². The van der Waals surface area contributed by atoms with Gasteiger partial charge in [0.25, 0.3) is 0 Å². The average molecular weight is 400 g/mol. The smallest absolute Gasteiger partial charge is 0.350 e. The van der Waals surface area contributed by atoms with Crippen molar-refractivity contribution in [3.63, 3.8) is 0 Å². The summed E-state index contributed by atoms with van der Waals surface area (Å²) in [5, 5.41) is 28.0. The standard InChI is InChI=1S/C18H8N8S2/c1-22-12(8-21)24-14-5-11-18(28-14)16-15(26(11)3)17-10(25(16)2)4-13(27-17)23-9(6-19)7-20/h4-5H,2-3H3. The molecule has 0 spiro atoms. The Kier molecular flexibility index (Phi) is 3.95. The molecule has 0 N–H and O–H groups in total. The van der Waals surface area contributed by atoms with E-state index in [4.69, 9.17) is 22.4 Å². The van der Waals surface area contributed by atoms with Crippen molar-refractivity contribution in [1.29, 1.82) is 15.8 Å². The lowest BCUT2D eigenvalue weighted by molar-refractivity contribution is 1.01. The summed E-state index contributed by atoms with van der Waals surface area (Å²) in [5.41, 5.74) is 3.80. The number of hydrogen-bond acceptors (Lipinski definition) is 7. The normalized spacial score (nSPS) is 11.3. The molecule has 0 aliphatic heterocycles. The van der Waals surface area contributed by atoms with E-state index >= 15 is 0 Å². The molecule has 0 saturated carbocycles. The zero-order valence-corrected chi connectivity index (χ0v) is 16.2. The Labute approximate surface area is 166 Å². The highest BCUT2D eigenvalue weighted by atomic mass is 32.1. The fourth-order valence-corrected chi connectivity index (χ4v) is 5.42. The van der Waals surface area contributed by atoms with E-state index in [2.05, 4.69) is 14.8 Å². The fourth-order valence-electron chi connectivity index (χ4n) is 3.13. The molecular weight excluding hydrogens is 392 g/mol. The maximum atomic E-state index is 8.93. The molecule has 0 aliphatic rings. The van der Waals surface area contributed by atoms with Gasteiger partial charge in [-0.2, -0.15) is 10.5 Å². The molecule has 0 radical (unpaired) electrons. The quantitative estimate of drug-likeness (QED) is 0.280. The number of nitrogens with zero attached hydrogens (tertiary/aromatic N) is 8. The van der Waals surface area contributed by atoms with Crippen LogP contribution in [0.5, 0.6) is 0 Å². The number of nitriles is 3. The number of rotatable bonds is 2. The van der Waals surface area contributed by atoms with Crippen LogP contribution in [-0.2, 0) is 14.1 Å². The predicted molar refractivity (Wildman–Crippen MR) is 110 cm³/mol. The molecule has 0 amide bonds. The third-order valence-electron chi connectivity index (χ3n) is 4.30. The summed E-state index contributed by atoms with van der Waals surface area (Å²) < 4.78 is 6.13. The molecule has 0 aliphatic carbocycles. The Morgan fingerprint density at radius 3 is 1.86 bits per heavy atom. The molecule has 4 rings (SSSR count). The first kappa shape index (κ1) is 17.5. The summed E-state index contributed by atoms with van der Waals surface area (Å²) in [7, 11) is 3.89. The fraction of sp³-hybridized carbons (Fsp3) is 0.111. The maximum Gasteiger partial charge on any atom is 0.350 e. The van der Waals surface area contributed by atoms with E-state index in [0.717, 1.165) is 31.5 Å². The van der Waals surface area contributed by atoms with E-state index in [0.29, 0.717) is 10.0 Å². The number of amidine groups is 1. The van der Waals surface area contributed by atoms with Gasteiger partial charge in [0, 0.05) is 20.2 Å². The van der Waals surface area contributed by atoms with Gasteiger partial charge >= 0.3 is 5.84 Å². The molecule has 4 aromatic rings. The van der Waals surface area contributed by atoms with Crippen LogP contribution in [0.3, 0.4) is 0 Å². The number of aromatic nitrogens is 2.